The molecule has 0 bridgehead atoms. The predicted molar refractivity (Wildman–Crippen MR) is 86.0 cm³/mol. The number of halogens is 2. The molecule has 1 fully saturated rings. The Balaban J connectivity index is 0.00000200. The van der Waals surface area contributed by atoms with Crippen molar-refractivity contribution in [1.82, 2.24) is 10.2 Å². The fraction of sp³-hybridized carbons (Fsp3) is 0.500. The summed E-state index contributed by atoms with van der Waals surface area (Å²) in [5.74, 6) is 0.0131. The maximum atomic E-state index is 12.1. The lowest BCUT2D eigenvalue weighted by Gasteiger charge is -2.33. The first kappa shape index (κ1) is 17.2. The molecular formula is C14H21Cl2N3O. The van der Waals surface area contributed by atoms with Crippen LogP contribution < -0.4 is 10.6 Å². The van der Waals surface area contributed by atoms with Crippen LogP contribution in [0.1, 0.15) is 12.5 Å². The molecule has 0 saturated carbocycles. The molecule has 6 heteroatoms. The normalized spacial score (nSPS) is 19.2. The van der Waals surface area contributed by atoms with Crippen LogP contribution in [0, 0.1) is 6.92 Å². The highest BCUT2D eigenvalue weighted by Gasteiger charge is 2.20. The number of hydrogen-bond donors (Lipinski definition) is 2. The smallest absolute Gasteiger partial charge is 0.238 e. The molecule has 1 saturated heterocycles. The van der Waals surface area contributed by atoms with Gasteiger partial charge in [-0.2, -0.15) is 0 Å². The molecule has 1 aliphatic rings. The Bertz CT molecular complexity index is 468. The first-order valence-electron chi connectivity index (χ1n) is 6.57. The van der Waals surface area contributed by atoms with Gasteiger partial charge in [0.1, 0.15) is 0 Å². The molecule has 2 N–H and O–H groups in total. The van der Waals surface area contributed by atoms with Crippen LogP contribution in [0.4, 0.5) is 5.69 Å². The summed E-state index contributed by atoms with van der Waals surface area (Å²) < 4.78 is 0. The molecule has 2 rings (SSSR count). The minimum atomic E-state index is 0. The number of hydrogen-bond acceptors (Lipinski definition) is 3. The van der Waals surface area contributed by atoms with Crippen LogP contribution in [0.15, 0.2) is 18.2 Å². The van der Waals surface area contributed by atoms with Crippen LogP contribution in [-0.2, 0) is 4.79 Å². The van der Waals surface area contributed by atoms with E-state index in [1.165, 1.54) is 0 Å². The van der Waals surface area contributed by atoms with Gasteiger partial charge >= 0.3 is 0 Å². The predicted octanol–water partition coefficient (Wildman–Crippen LogP) is 2.30. The lowest BCUT2D eigenvalue weighted by molar-refractivity contribution is -0.118. The van der Waals surface area contributed by atoms with Crippen LogP contribution in [-0.4, -0.2) is 43.0 Å². The Morgan fingerprint density at radius 3 is 3.00 bits per heavy atom. The van der Waals surface area contributed by atoms with E-state index < -0.39 is 0 Å². The molecule has 1 amide bonds. The summed E-state index contributed by atoms with van der Waals surface area (Å²) in [6, 6.07) is 5.93. The van der Waals surface area contributed by atoms with E-state index in [-0.39, 0.29) is 18.3 Å². The minimum Gasteiger partial charge on any atom is -0.325 e. The summed E-state index contributed by atoms with van der Waals surface area (Å²) in [5.41, 5.74) is 1.70. The van der Waals surface area contributed by atoms with Crippen LogP contribution in [0.5, 0.6) is 0 Å². The molecule has 4 nitrogen and oxygen atoms in total. The fourth-order valence-electron chi connectivity index (χ4n) is 2.24. The summed E-state index contributed by atoms with van der Waals surface area (Å²) in [6.45, 7) is 7.24. The molecule has 0 aromatic heterocycles. The monoisotopic (exact) mass is 317 g/mol. The zero-order valence-electron chi connectivity index (χ0n) is 11.8. The topological polar surface area (TPSA) is 44.4 Å². The maximum Gasteiger partial charge on any atom is 0.238 e. The third-order valence-corrected chi connectivity index (χ3v) is 3.94. The van der Waals surface area contributed by atoms with Gasteiger partial charge in [-0.25, -0.2) is 0 Å². The molecule has 1 aromatic rings. The minimum absolute atomic E-state index is 0. The molecule has 0 aliphatic carbocycles. The van der Waals surface area contributed by atoms with Crippen LogP contribution in [0.2, 0.25) is 5.02 Å². The SMILES string of the molecule is Cc1c(Cl)cccc1NC(=O)CN1CCNCC1C.Cl. The number of piperazine rings is 1. The number of amides is 1. The fourth-order valence-corrected chi connectivity index (χ4v) is 2.41. The summed E-state index contributed by atoms with van der Waals surface area (Å²) in [4.78, 5) is 14.3. The van der Waals surface area contributed by atoms with Gasteiger partial charge in [0.25, 0.3) is 0 Å². The van der Waals surface area contributed by atoms with Gasteiger partial charge in [-0.05, 0) is 31.5 Å². The molecule has 1 aromatic carbocycles. The van der Waals surface area contributed by atoms with Crippen molar-refractivity contribution in [3.05, 3.63) is 28.8 Å². The Morgan fingerprint density at radius 1 is 1.55 bits per heavy atom. The number of nitrogens with one attached hydrogen (secondary N) is 2. The number of benzene rings is 1. The lowest BCUT2D eigenvalue weighted by Crippen LogP contribution is -2.52. The van der Waals surface area contributed by atoms with E-state index in [4.69, 9.17) is 11.6 Å². The maximum absolute atomic E-state index is 12.1. The zero-order valence-corrected chi connectivity index (χ0v) is 13.4. The van der Waals surface area contributed by atoms with Gasteiger partial charge in [0.15, 0.2) is 0 Å². The van der Waals surface area contributed by atoms with E-state index in [1.54, 1.807) is 0 Å². The largest absolute Gasteiger partial charge is 0.325 e. The molecule has 1 atom stereocenters. The Morgan fingerprint density at radius 2 is 2.30 bits per heavy atom. The first-order chi connectivity index (χ1) is 9.08. The van der Waals surface area contributed by atoms with Crippen molar-refractivity contribution in [2.45, 2.75) is 19.9 Å². The van der Waals surface area contributed by atoms with Crippen molar-refractivity contribution in [1.29, 1.82) is 0 Å². The highest BCUT2D eigenvalue weighted by molar-refractivity contribution is 6.31. The number of nitrogens with zero attached hydrogens (tertiary/aromatic N) is 1. The molecular weight excluding hydrogens is 297 g/mol. The molecule has 0 spiro atoms. The standard InChI is InChI=1S/C14H20ClN3O.ClH/c1-10-8-16-6-7-18(10)9-14(19)17-13-5-3-4-12(15)11(13)2;/h3-5,10,16H,6-9H2,1-2H3,(H,17,19);1H. The molecule has 0 radical (unpaired) electrons. The molecule has 20 heavy (non-hydrogen) atoms. The number of rotatable bonds is 3. The van der Waals surface area contributed by atoms with Crippen molar-refractivity contribution < 1.29 is 4.79 Å². The van der Waals surface area contributed by atoms with Crippen molar-refractivity contribution in [2.24, 2.45) is 0 Å². The van der Waals surface area contributed by atoms with Crippen molar-refractivity contribution in [3.8, 4) is 0 Å². The Hall–Kier alpha value is -0.810. The Kier molecular flexibility index (Phi) is 6.76. The van der Waals surface area contributed by atoms with Gasteiger partial charge in [-0.3, -0.25) is 9.69 Å². The van der Waals surface area contributed by atoms with Crippen LogP contribution >= 0.6 is 24.0 Å². The molecule has 1 heterocycles. The second-order valence-corrected chi connectivity index (χ2v) is 5.39. The highest BCUT2D eigenvalue weighted by Crippen LogP contribution is 2.22. The summed E-state index contributed by atoms with van der Waals surface area (Å²) in [7, 11) is 0. The second kappa shape index (κ2) is 7.84. The van der Waals surface area contributed by atoms with E-state index in [0.717, 1.165) is 30.9 Å². The van der Waals surface area contributed by atoms with E-state index in [1.807, 2.05) is 25.1 Å². The quantitative estimate of drug-likeness (QED) is 0.899. The van der Waals surface area contributed by atoms with E-state index in [9.17, 15) is 4.79 Å². The van der Waals surface area contributed by atoms with Crippen LogP contribution in [0.3, 0.4) is 0 Å². The Labute approximate surface area is 131 Å². The molecule has 112 valence electrons. The number of anilines is 1. The van der Waals surface area contributed by atoms with Gasteiger partial charge in [0, 0.05) is 36.4 Å². The number of carbonyl (C=O) groups excluding carboxylic acids is 1. The van der Waals surface area contributed by atoms with Gasteiger partial charge in [-0.1, -0.05) is 17.7 Å². The van der Waals surface area contributed by atoms with E-state index in [2.05, 4.69) is 22.5 Å². The van der Waals surface area contributed by atoms with Gasteiger partial charge in [-0.15, -0.1) is 12.4 Å². The summed E-state index contributed by atoms with van der Waals surface area (Å²) >= 11 is 6.04. The first-order valence-corrected chi connectivity index (χ1v) is 6.95. The van der Waals surface area contributed by atoms with Crippen molar-refractivity contribution in [3.63, 3.8) is 0 Å². The van der Waals surface area contributed by atoms with Crippen molar-refractivity contribution >= 4 is 35.6 Å². The summed E-state index contributed by atoms with van der Waals surface area (Å²) in [6.07, 6.45) is 0. The van der Waals surface area contributed by atoms with Gasteiger partial charge in [0.2, 0.25) is 5.91 Å². The molecule has 1 unspecified atom stereocenters. The summed E-state index contributed by atoms with van der Waals surface area (Å²) in [5, 5.41) is 6.92. The zero-order chi connectivity index (χ0) is 13.8. The lowest BCUT2D eigenvalue weighted by atomic mass is 10.2. The molecule has 1 aliphatic heterocycles. The van der Waals surface area contributed by atoms with Gasteiger partial charge < -0.3 is 10.6 Å². The second-order valence-electron chi connectivity index (χ2n) is 4.98. The average Bonchev–Trinajstić information content (AvgIpc) is 2.38. The number of carbonyl (C=O) groups is 1. The van der Waals surface area contributed by atoms with Crippen LogP contribution in [0.25, 0.3) is 0 Å². The third kappa shape index (κ3) is 4.35. The van der Waals surface area contributed by atoms with E-state index in [0.29, 0.717) is 17.6 Å². The van der Waals surface area contributed by atoms with Gasteiger partial charge in [0.05, 0.1) is 6.54 Å². The van der Waals surface area contributed by atoms with E-state index >= 15 is 0 Å². The van der Waals surface area contributed by atoms with Crippen molar-refractivity contribution in [2.75, 3.05) is 31.5 Å². The third-order valence-electron chi connectivity index (χ3n) is 3.53. The highest BCUT2D eigenvalue weighted by atomic mass is 35.5. The average molecular weight is 318 g/mol.